The van der Waals surface area contributed by atoms with E-state index < -0.39 is 0 Å². The summed E-state index contributed by atoms with van der Waals surface area (Å²) in [6.45, 7) is 8.87. The summed E-state index contributed by atoms with van der Waals surface area (Å²) in [6, 6.07) is 4.33. The lowest BCUT2D eigenvalue weighted by Gasteiger charge is -2.15. The zero-order valence-electron chi connectivity index (χ0n) is 9.74. The lowest BCUT2D eigenvalue weighted by atomic mass is 9.90. The van der Waals surface area contributed by atoms with Gasteiger partial charge in [-0.15, -0.1) is 0 Å². The molecule has 0 atom stereocenters. The Hall–Kier alpha value is -1.31. The summed E-state index contributed by atoms with van der Waals surface area (Å²) in [4.78, 5) is 0. The maximum absolute atomic E-state index is 5.19. The fourth-order valence-electron chi connectivity index (χ4n) is 1.95. The van der Waals surface area contributed by atoms with Crippen molar-refractivity contribution < 1.29 is 4.52 Å². The molecule has 1 aromatic heterocycles. The summed E-state index contributed by atoms with van der Waals surface area (Å²) in [7, 11) is 0. The van der Waals surface area contributed by atoms with Gasteiger partial charge in [-0.05, 0) is 35.1 Å². The fourth-order valence-corrected chi connectivity index (χ4v) is 1.95. The second-order valence-electron chi connectivity index (χ2n) is 4.65. The van der Waals surface area contributed by atoms with E-state index in [1.54, 1.807) is 6.20 Å². The minimum absolute atomic E-state index is 0.525. The molecule has 15 heavy (non-hydrogen) atoms. The second-order valence-corrected chi connectivity index (χ2v) is 4.65. The summed E-state index contributed by atoms with van der Waals surface area (Å²) in [5.74, 6) is 1.07. The van der Waals surface area contributed by atoms with E-state index in [2.05, 4.69) is 45.0 Å². The van der Waals surface area contributed by atoms with Crippen LogP contribution in [0.25, 0.3) is 11.0 Å². The summed E-state index contributed by atoms with van der Waals surface area (Å²) in [5, 5.41) is 4.93. The molecular weight excluding hydrogens is 186 g/mol. The Balaban J connectivity index is 2.68. The van der Waals surface area contributed by atoms with E-state index in [0.29, 0.717) is 11.8 Å². The molecule has 2 nitrogen and oxygen atoms in total. The number of aromatic nitrogens is 1. The van der Waals surface area contributed by atoms with Gasteiger partial charge in [0.1, 0.15) is 0 Å². The molecule has 0 saturated heterocycles. The first-order chi connectivity index (χ1) is 7.09. The highest BCUT2D eigenvalue weighted by Crippen LogP contribution is 2.30. The highest BCUT2D eigenvalue weighted by Gasteiger charge is 2.12. The van der Waals surface area contributed by atoms with Crippen molar-refractivity contribution in [2.75, 3.05) is 0 Å². The Morgan fingerprint density at radius 3 is 2.20 bits per heavy atom. The van der Waals surface area contributed by atoms with E-state index in [-0.39, 0.29) is 0 Å². The Morgan fingerprint density at radius 1 is 1.00 bits per heavy atom. The number of hydrogen-bond acceptors (Lipinski definition) is 2. The van der Waals surface area contributed by atoms with Gasteiger partial charge in [-0.25, -0.2) is 0 Å². The van der Waals surface area contributed by atoms with E-state index in [9.17, 15) is 0 Å². The van der Waals surface area contributed by atoms with Crippen molar-refractivity contribution in [1.82, 2.24) is 5.16 Å². The topological polar surface area (TPSA) is 26.0 Å². The zero-order valence-corrected chi connectivity index (χ0v) is 9.74. The van der Waals surface area contributed by atoms with Crippen LogP contribution in [-0.2, 0) is 0 Å². The van der Waals surface area contributed by atoms with Crippen LogP contribution in [0.3, 0.4) is 0 Å². The third-order valence-electron chi connectivity index (χ3n) is 2.80. The van der Waals surface area contributed by atoms with Crippen LogP contribution in [0.2, 0.25) is 0 Å². The molecule has 0 aliphatic rings. The zero-order chi connectivity index (χ0) is 11.0. The van der Waals surface area contributed by atoms with E-state index in [4.69, 9.17) is 4.52 Å². The molecule has 1 aromatic carbocycles. The average molecular weight is 203 g/mol. The standard InChI is InChI=1S/C13H17NO/c1-8(2)11-5-10-7-14-15-13(10)6-12(11)9(3)4/h5-9H,1-4H3. The average Bonchev–Trinajstić information content (AvgIpc) is 2.61. The van der Waals surface area contributed by atoms with Gasteiger partial charge in [0.2, 0.25) is 0 Å². The highest BCUT2D eigenvalue weighted by atomic mass is 16.5. The molecule has 0 saturated carbocycles. The Labute approximate surface area is 90.3 Å². The van der Waals surface area contributed by atoms with Crippen LogP contribution in [0.1, 0.15) is 50.7 Å². The van der Waals surface area contributed by atoms with Gasteiger partial charge in [-0.1, -0.05) is 32.9 Å². The van der Waals surface area contributed by atoms with Gasteiger partial charge in [-0.3, -0.25) is 0 Å². The van der Waals surface area contributed by atoms with Crippen LogP contribution < -0.4 is 0 Å². The molecule has 0 amide bonds. The lowest BCUT2D eigenvalue weighted by Crippen LogP contribution is -1.98. The van der Waals surface area contributed by atoms with Gasteiger partial charge < -0.3 is 4.52 Å². The van der Waals surface area contributed by atoms with Crippen LogP contribution in [0, 0.1) is 0 Å². The first-order valence-corrected chi connectivity index (χ1v) is 5.48. The highest BCUT2D eigenvalue weighted by molar-refractivity contribution is 5.78. The monoisotopic (exact) mass is 203 g/mol. The number of rotatable bonds is 2. The van der Waals surface area contributed by atoms with Crippen molar-refractivity contribution in [3.8, 4) is 0 Å². The van der Waals surface area contributed by atoms with E-state index in [0.717, 1.165) is 11.0 Å². The van der Waals surface area contributed by atoms with Crippen molar-refractivity contribution in [2.24, 2.45) is 0 Å². The minimum atomic E-state index is 0.525. The van der Waals surface area contributed by atoms with Crippen molar-refractivity contribution in [3.63, 3.8) is 0 Å². The minimum Gasteiger partial charge on any atom is -0.356 e. The maximum atomic E-state index is 5.19. The van der Waals surface area contributed by atoms with Crippen molar-refractivity contribution in [2.45, 2.75) is 39.5 Å². The van der Waals surface area contributed by atoms with Gasteiger partial charge in [0, 0.05) is 5.39 Å². The lowest BCUT2D eigenvalue weighted by molar-refractivity contribution is 0.456. The van der Waals surface area contributed by atoms with E-state index >= 15 is 0 Å². The van der Waals surface area contributed by atoms with Gasteiger partial charge in [-0.2, -0.15) is 0 Å². The van der Waals surface area contributed by atoms with E-state index in [1.807, 2.05) is 0 Å². The molecule has 0 N–H and O–H groups in total. The Morgan fingerprint density at radius 2 is 1.60 bits per heavy atom. The first kappa shape index (κ1) is 10.2. The number of nitrogens with zero attached hydrogens (tertiary/aromatic N) is 1. The SMILES string of the molecule is CC(C)c1cc2cnoc2cc1C(C)C. The van der Waals surface area contributed by atoms with E-state index in [1.165, 1.54) is 11.1 Å². The molecule has 0 aliphatic carbocycles. The van der Waals surface area contributed by atoms with Gasteiger partial charge in [0.15, 0.2) is 5.58 Å². The third-order valence-corrected chi connectivity index (χ3v) is 2.80. The summed E-state index contributed by atoms with van der Waals surface area (Å²) < 4.78 is 5.19. The van der Waals surface area contributed by atoms with Crippen molar-refractivity contribution in [3.05, 3.63) is 29.5 Å². The maximum Gasteiger partial charge on any atom is 0.167 e. The van der Waals surface area contributed by atoms with Crippen molar-refractivity contribution >= 4 is 11.0 Å². The molecule has 2 aromatic rings. The molecule has 2 heteroatoms. The van der Waals surface area contributed by atoms with Crippen LogP contribution in [0.5, 0.6) is 0 Å². The number of fused-ring (bicyclic) bond motifs is 1. The molecule has 0 fully saturated rings. The third kappa shape index (κ3) is 1.76. The second kappa shape index (κ2) is 3.69. The Kier molecular flexibility index (Phi) is 2.51. The molecule has 1 heterocycles. The number of hydrogen-bond donors (Lipinski definition) is 0. The molecule has 0 radical (unpaired) electrons. The predicted octanol–water partition coefficient (Wildman–Crippen LogP) is 4.07. The number of benzene rings is 1. The Bertz CT molecular complexity index is 426. The quantitative estimate of drug-likeness (QED) is 0.735. The molecule has 0 spiro atoms. The molecule has 2 rings (SSSR count). The normalized spacial score (nSPS) is 11.9. The van der Waals surface area contributed by atoms with Crippen molar-refractivity contribution in [1.29, 1.82) is 0 Å². The fraction of sp³-hybridized carbons (Fsp3) is 0.462. The van der Waals surface area contributed by atoms with Crippen LogP contribution >= 0.6 is 0 Å². The molecule has 0 unspecified atom stereocenters. The van der Waals surface area contributed by atoms with Crippen LogP contribution in [0.4, 0.5) is 0 Å². The largest absolute Gasteiger partial charge is 0.356 e. The van der Waals surface area contributed by atoms with Gasteiger partial charge >= 0.3 is 0 Å². The molecule has 0 aliphatic heterocycles. The smallest absolute Gasteiger partial charge is 0.167 e. The molecule has 80 valence electrons. The molecule has 0 bridgehead atoms. The van der Waals surface area contributed by atoms with Crippen LogP contribution in [-0.4, -0.2) is 5.16 Å². The molecular formula is C13H17NO. The summed E-state index contributed by atoms with van der Waals surface area (Å²) in [6.07, 6.45) is 1.78. The predicted molar refractivity (Wildman–Crippen MR) is 62.2 cm³/mol. The van der Waals surface area contributed by atoms with Gasteiger partial charge in [0.05, 0.1) is 6.20 Å². The summed E-state index contributed by atoms with van der Waals surface area (Å²) in [5.41, 5.74) is 3.66. The van der Waals surface area contributed by atoms with Crippen LogP contribution in [0.15, 0.2) is 22.9 Å². The summed E-state index contributed by atoms with van der Waals surface area (Å²) >= 11 is 0. The van der Waals surface area contributed by atoms with Gasteiger partial charge in [0.25, 0.3) is 0 Å². The first-order valence-electron chi connectivity index (χ1n) is 5.48.